The monoisotopic (exact) mass is 293 g/mol. The number of aryl methyl sites for hydroxylation is 1. The molecule has 1 amide bonds. The Morgan fingerprint density at radius 3 is 2.43 bits per heavy atom. The third-order valence-electron chi connectivity index (χ3n) is 3.33. The van der Waals surface area contributed by atoms with E-state index in [1.165, 1.54) is 6.07 Å². The minimum atomic E-state index is -0.950. The van der Waals surface area contributed by atoms with Crippen molar-refractivity contribution in [3.63, 3.8) is 0 Å². The summed E-state index contributed by atoms with van der Waals surface area (Å²) in [6, 6.07) is 4.76. The Kier molecular flexibility index (Phi) is 6.72. The normalized spacial score (nSPS) is 10.2. The van der Waals surface area contributed by atoms with Gasteiger partial charge in [0.05, 0.1) is 12.2 Å². The van der Waals surface area contributed by atoms with E-state index in [0.29, 0.717) is 25.2 Å². The Labute approximate surface area is 125 Å². The topological polar surface area (TPSA) is 66.8 Å². The summed E-state index contributed by atoms with van der Waals surface area (Å²) in [5.41, 5.74) is 1.03. The van der Waals surface area contributed by atoms with Gasteiger partial charge in [-0.3, -0.25) is 4.79 Å². The van der Waals surface area contributed by atoms with Crippen molar-refractivity contribution in [2.24, 2.45) is 0 Å². The van der Waals surface area contributed by atoms with Crippen LogP contribution in [0.15, 0.2) is 18.2 Å². The van der Waals surface area contributed by atoms with E-state index in [9.17, 15) is 9.59 Å². The molecule has 21 heavy (non-hydrogen) atoms. The summed E-state index contributed by atoms with van der Waals surface area (Å²) < 4.78 is 5.61. The highest BCUT2D eigenvalue weighted by Gasteiger charge is 2.10. The molecule has 1 aromatic carbocycles. The van der Waals surface area contributed by atoms with Crippen LogP contribution in [0, 0.1) is 6.92 Å². The predicted octanol–water partition coefficient (Wildman–Crippen LogP) is 2.72. The number of benzene rings is 1. The number of carboxylic acid groups (broad SMARTS) is 1. The molecule has 0 spiro atoms. The molecule has 1 rings (SSSR count). The van der Waals surface area contributed by atoms with Gasteiger partial charge in [0.25, 0.3) is 0 Å². The second-order valence-electron chi connectivity index (χ2n) is 4.80. The van der Waals surface area contributed by atoms with Gasteiger partial charge < -0.3 is 14.7 Å². The number of carbonyl (C=O) groups is 2. The van der Waals surface area contributed by atoms with Crippen molar-refractivity contribution >= 4 is 11.9 Å². The summed E-state index contributed by atoms with van der Waals surface area (Å²) in [6.07, 6.45) is 1.11. The lowest BCUT2D eigenvalue weighted by molar-refractivity contribution is -0.131. The molecule has 0 saturated carbocycles. The van der Waals surface area contributed by atoms with Crippen LogP contribution in [0.2, 0.25) is 0 Å². The molecule has 0 radical (unpaired) electrons. The van der Waals surface area contributed by atoms with Crippen LogP contribution in [0.1, 0.15) is 42.6 Å². The number of rotatable bonds is 8. The van der Waals surface area contributed by atoms with Crippen molar-refractivity contribution in [3.8, 4) is 5.75 Å². The van der Waals surface area contributed by atoms with E-state index < -0.39 is 5.97 Å². The van der Waals surface area contributed by atoms with Crippen molar-refractivity contribution in [3.05, 3.63) is 29.3 Å². The molecule has 0 aromatic heterocycles. The van der Waals surface area contributed by atoms with E-state index in [4.69, 9.17) is 9.84 Å². The number of aromatic carboxylic acids is 1. The van der Waals surface area contributed by atoms with Gasteiger partial charge in [-0.15, -0.1) is 0 Å². The molecule has 0 fully saturated rings. The quantitative estimate of drug-likeness (QED) is 0.748. The number of carboxylic acids is 1. The van der Waals surface area contributed by atoms with Crippen LogP contribution in [0.5, 0.6) is 5.75 Å². The van der Waals surface area contributed by atoms with Gasteiger partial charge in [0, 0.05) is 19.5 Å². The predicted molar refractivity (Wildman–Crippen MR) is 80.8 cm³/mol. The van der Waals surface area contributed by atoms with Crippen LogP contribution in [0.25, 0.3) is 0 Å². The van der Waals surface area contributed by atoms with E-state index in [1.807, 2.05) is 20.8 Å². The molecule has 5 heteroatoms. The van der Waals surface area contributed by atoms with Gasteiger partial charge in [0.15, 0.2) is 0 Å². The zero-order valence-corrected chi connectivity index (χ0v) is 12.9. The SMILES string of the molecule is CCN(CC)C(=O)CCCOc1ccc(C(=O)O)cc1C. The molecule has 0 heterocycles. The number of amides is 1. The van der Waals surface area contributed by atoms with E-state index in [0.717, 1.165) is 18.7 Å². The van der Waals surface area contributed by atoms with Gasteiger partial charge >= 0.3 is 5.97 Å². The molecule has 0 bridgehead atoms. The fourth-order valence-electron chi connectivity index (χ4n) is 2.08. The van der Waals surface area contributed by atoms with Gasteiger partial charge in [-0.25, -0.2) is 4.79 Å². The zero-order chi connectivity index (χ0) is 15.8. The fraction of sp³-hybridized carbons (Fsp3) is 0.500. The van der Waals surface area contributed by atoms with Gasteiger partial charge in [-0.2, -0.15) is 0 Å². The third kappa shape index (κ3) is 5.10. The molecule has 1 aromatic rings. The Balaban J connectivity index is 2.43. The van der Waals surface area contributed by atoms with Crippen LogP contribution >= 0.6 is 0 Å². The highest BCUT2D eigenvalue weighted by molar-refractivity contribution is 5.88. The Morgan fingerprint density at radius 2 is 1.90 bits per heavy atom. The maximum atomic E-state index is 11.8. The van der Waals surface area contributed by atoms with Crippen molar-refractivity contribution in [1.82, 2.24) is 4.90 Å². The van der Waals surface area contributed by atoms with Crippen LogP contribution < -0.4 is 4.74 Å². The summed E-state index contributed by atoms with van der Waals surface area (Å²) in [7, 11) is 0. The standard InChI is InChI=1S/C16H23NO4/c1-4-17(5-2)15(18)7-6-10-21-14-9-8-13(16(19)20)11-12(14)3/h8-9,11H,4-7,10H2,1-3H3,(H,19,20). The highest BCUT2D eigenvalue weighted by atomic mass is 16.5. The molecule has 0 aliphatic heterocycles. The Morgan fingerprint density at radius 1 is 1.24 bits per heavy atom. The van der Waals surface area contributed by atoms with E-state index in [2.05, 4.69) is 0 Å². The zero-order valence-electron chi connectivity index (χ0n) is 12.9. The first kappa shape index (κ1) is 17.0. The number of ether oxygens (including phenoxy) is 1. The van der Waals surface area contributed by atoms with Crippen LogP contribution in [0.3, 0.4) is 0 Å². The highest BCUT2D eigenvalue weighted by Crippen LogP contribution is 2.19. The first-order valence-corrected chi connectivity index (χ1v) is 7.24. The van der Waals surface area contributed by atoms with E-state index >= 15 is 0 Å². The van der Waals surface area contributed by atoms with Crippen molar-refractivity contribution in [2.75, 3.05) is 19.7 Å². The van der Waals surface area contributed by atoms with Crippen LogP contribution in [0.4, 0.5) is 0 Å². The number of hydrogen-bond donors (Lipinski definition) is 1. The summed E-state index contributed by atoms with van der Waals surface area (Å²) in [5.74, 6) is -0.147. The largest absolute Gasteiger partial charge is 0.493 e. The van der Waals surface area contributed by atoms with Gasteiger partial charge in [0.1, 0.15) is 5.75 Å². The summed E-state index contributed by atoms with van der Waals surface area (Å²) in [4.78, 5) is 24.4. The van der Waals surface area contributed by atoms with Gasteiger partial charge in [-0.1, -0.05) is 0 Å². The summed E-state index contributed by atoms with van der Waals surface area (Å²) in [5, 5.41) is 8.89. The molecular weight excluding hydrogens is 270 g/mol. The summed E-state index contributed by atoms with van der Waals surface area (Å²) >= 11 is 0. The molecule has 0 aliphatic carbocycles. The van der Waals surface area contributed by atoms with Gasteiger partial charge in [-0.05, 0) is 51.0 Å². The molecule has 0 atom stereocenters. The molecule has 116 valence electrons. The molecule has 1 N–H and O–H groups in total. The first-order chi connectivity index (χ1) is 9.99. The lowest BCUT2D eigenvalue weighted by Gasteiger charge is -2.18. The third-order valence-corrected chi connectivity index (χ3v) is 3.33. The first-order valence-electron chi connectivity index (χ1n) is 7.24. The maximum absolute atomic E-state index is 11.8. The van der Waals surface area contributed by atoms with E-state index in [-0.39, 0.29) is 11.5 Å². The van der Waals surface area contributed by atoms with Crippen molar-refractivity contribution in [1.29, 1.82) is 0 Å². The van der Waals surface area contributed by atoms with Crippen molar-refractivity contribution in [2.45, 2.75) is 33.6 Å². The average Bonchev–Trinajstić information content (AvgIpc) is 2.46. The van der Waals surface area contributed by atoms with Crippen molar-refractivity contribution < 1.29 is 19.4 Å². The smallest absolute Gasteiger partial charge is 0.335 e. The minimum Gasteiger partial charge on any atom is -0.493 e. The lowest BCUT2D eigenvalue weighted by atomic mass is 10.1. The average molecular weight is 293 g/mol. The van der Waals surface area contributed by atoms with Gasteiger partial charge in [0.2, 0.25) is 5.91 Å². The number of nitrogens with zero attached hydrogens (tertiary/aromatic N) is 1. The molecule has 0 unspecified atom stereocenters. The molecule has 5 nitrogen and oxygen atoms in total. The second-order valence-corrected chi connectivity index (χ2v) is 4.80. The Hall–Kier alpha value is -2.04. The number of carbonyl (C=O) groups excluding carboxylic acids is 1. The van der Waals surface area contributed by atoms with Crippen LogP contribution in [-0.2, 0) is 4.79 Å². The molecule has 0 saturated heterocycles. The fourth-order valence-corrected chi connectivity index (χ4v) is 2.08. The molecule has 0 aliphatic rings. The summed E-state index contributed by atoms with van der Waals surface area (Å²) in [6.45, 7) is 7.64. The lowest BCUT2D eigenvalue weighted by Crippen LogP contribution is -2.30. The maximum Gasteiger partial charge on any atom is 0.335 e. The minimum absolute atomic E-state index is 0.140. The number of hydrogen-bond acceptors (Lipinski definition) is 3. The second kappa shape index (κ2) is 8.29. The van der Waals surface area contributed by atoms with E-state index in [1.54, 1.807) is 17.0 Å². The van der Waals surface area contributed by atoms with Crippen LogP contribution in [-0.4, -0.2) is 41.6 Å². The molecular formula is C16H23NO4. The Bertz CT molecular complexity index is 495.